The van der Waals surface area contributed by atoms with Gasteiger partial charge in [0.1, 0.15) is 17.4 Å². The van der Waals surface area contributed by atoms with Crippen LogP contribution in [0.5, 0.6) is 0 Å². The fourth-order valence-corrected chi connectivity index (χ4v) is 3.01. The Hall–Kier alpha value is -3.48. The zero-order chi connectivity index (χ0) is 20.4. The molecule has 2 aromatic heterocycles. The van der Waals surface area contributed by atoms with E-state index in [1.165, 1.54) is 18.2 Å². The van der Waals surface area contributed by atoms with E-state index in [0.29, 0.717) is 34.2 Å². The second kappa shape index (κ2) is 7.64. The molecule has 0 atom stereocenters. The highest BCUT2D eigenvalue weighted by Gasteiger charge is 2.17. The van der Waals surface area contributed by atoms with E-state index in [2.05, 4.69) is 10.1 Å². The number of carbonyl (C=O) groups is 1. The first kappa shape index (κ1) is 19.3. The summed E-state index contributed by atoms with van der Waals surface area (Å²) in [6.07, 6.45) is 2.97. The Labute approximate surface area is 162 Å². The molecule has 0 fully saturated rings. The number of aromatic nitrogens is 2. The Morgan fingerprint density at radius 2 is 2.04 bits per heavy atom. The summed E-state index contributed by atoms with van der Waals surface area (Å²) in [6, 6.07) is 8.04. The molecule has 3 aromatic rings. The number of anilines is 2. The monoisotopic (exact) mass is 380 g/mol. The van der Waals surface area contributed by atoms with Crippen LogP contribution in [0.25, 0.3) is 11.1 Å². The van der Waals surface area contributed by atoms with E-state index in [-0.39, 0.29) is 5.56 Å². The van der Waals surface area contributed by atoms with Crippen LogP contribution in [-0.4, -0.2) is 23.0 Å². The summed E-state index contributed by atoms with van der Waals surface area (Å²) in [7, 11) is 1.77. The lowest BCUT2D eigenvalue weighted by atomic mass is 10.0. The Morgan fingerprint density at radius 3 is 2.64 bits per heavy atom. The summed E-state index contributed by atoms with van der Waals surface area (Å²) >= 11 is 0. The van der Waals surface area contributed by atoms with E-state index in [1.807, 2.05) is 0 Å². The molecule has 0 amide bonds. The zero-order valence-corrected chi connectivity index (χ0v) is 16.2. The molecule has 0 aliphatic rings. The van der Waals surface area contributed by atoms with Crippen molar-refractivity contribution in [2.75, 3.05) is 17.7 Å². The summed E-state index contributed by atoms with van der Waals surface area (Å²) in [4.78, 5) is 18.4. The van der Waals surface area contributed by atoms with Crippen LogP contribution in [0.4, 0.5) is 15.9 Å². The molecule has 2 heterocycles. The quantitative estimate of drug-likeness (QED) is 0.525. The van der Waals surface area contributed by atoms with E-state index in [1.54, 1.807) is 57.1 Å². The number of nitrogens with two attached hydrogens (primary N) is 1. The number of carbonyl (C=O) groups excluding carboxylic acids is 1. The lowest BCUT2D eigenvalue weighted by Gasteiger charge is -2.20. The number of aryl methyl sites for hydroxylation is 2. The van der Waals surface area contributed by atoms with Gasteiger partial charge in [-0.05, 0) is 50.6 Å². The SMILES string of the molecule is C/C(=C/C(=O)c1ccc(-c2c(C)noc2C)cc1F)N(C)c1cccnc1N. The van der Waals surface area contributed by atoms with Gasteiger partial charge in [-0.1, -0.05) is 11.2 Å². The third-order valence-electron chi connectivity index (χ3n) is 4.60. The van der Waals surface area contributed by atoms with Gasteiger partial charge in [0.05, 0.1) is 16.9 Å². The summed E-state index contributed by atoms with van der Waals surface area (Å²) < 4.78 is 19.8. The van der Waals surface area contributed by atoms with Gasteiger partial charge < -0.3 is 15.2 Å². The standard InChI is InChI=1S/C21H21FN4O2/c1-12(26(4)18-6-5-9-24-21(18)23)10-19(27)16-8-7-15(11-17(16)22)20-13(2)25-28-14(20)3/h5-11H,1-4H3,(H2,23,24)/b12-10-. The van der Waals surface area contributed by atoms with Gasteiger partial charge in [-0.15, -0.1) is 0 Å². The van der Waals surface area contributed by atoms with Crippen LogP contribution >= 0.6 is 0 Å². The molecule has 0 aliphatic carbocycles. The predicted octanol–water partition coefficient (Wildman–Crippen LogP) is 4.30. The highest BCUT2D eigenvalue weighted by molar-refractivity contribution is 6.05. The molecule has 0 bridgehead atoms. The van der Waals surface area contributed by atoms with E-state index in [4.69, 9.17) is 10.3 Å². The second-order valence-corrected chi connectivity index (χ2v) is 6.51. The first-order chi connectivity index (χ1) is 13.3. The molecule has 0 aliphatic heterocycles. The normalized spacial score (nSPS) is 11.5. The molecule has 0 unspecified atom stereocenters. The third-order valence-corrected chi connectivity index (χ3v) is 4.60. The number of pyridine rings is 1. The average molecular weight is 380 g/mol. The van der Waals surface area contributed by atoms with E-state index in [0.717, 1.165) is 5.56 Å². The fourth-order valence-electron chi connectivity index (χ4n) is 3.01. The van der Waals surface area contributed by atoms with Crippen molar-refractivity contribution in [1.82, 2.24) is 10.1 Å². The highest BCUT2D eigenvalue weighted by Crippen LogP contribution is 2.29. The van der Waals surface area contributed by atoms with Crippen LogP contribution in [0.3, 0.4) is 0 Å². The molecule has 7 heteroatoms. The summed E-state index contributed by atoms with van der Waals surface area (Å²) in [6.45, 7) is 5.30. The van der Waals surface area contributed by atoms with Gasteiger partial charge >= 0.3 is 0 Å². The van der Waals surface area contributed by atoms with Crippen LogP contribution in [0.15, 0.2) is 52.8 Å². The topological polar surface area (TPSA) is 85.2 Å². The minimum absolute atomic E-state index is 0.0116. The van der Waals surface area contributed by atoms with Gasteiger partial charge in [0.15, 0.2) is 5.78 Å². The Morgan fingerprint density at radius 1 is 1.29 bits per heavy atom. The molecule has 2 N–H and O–H groups in total. The van der Waals surface area contributed by atoms with Gasteiger partial charge in [0.2, 0.25) is 0 Å². The molecule has 0 spiro atoms. The Balaban J connectivity index is 1.88. The van der Waals surface area contributed by atoms with Crippen molar-refractivity contribution in [3.05, 3.63) is 71.1 Å². The summed E-state index contributed by atoms with van der Waals surface area (Å²) in [5, 5.41) is 3.88. The smallest absolute Gasteiger partial charge is 0.190 e. The molecule has 6 nitrogen and oxygen atoms in total. The van der Waals surface area contributed by atoms with E-state index >= 15 is 0 Å². The van der Waals surface area contributed by atoms with Crippen molar-refractivity contribution in [2.24, 2.45) is 0 Å². The number of nitrogen functional groups attached to an aromatic ring is 1. The molecular weight excluding hydrogens is 359 g/mol. The Kier molecular flexibility index (Phi) is 5.26. The molecule has 0 radical (unpaired) electrons. The summed E-state index contributed by atoms with van der Waals surface area (Å²) in [5.74, 6) is -0.0905. The number of ketones is 1. The number of hydrogen-bond acceptors (Lipinski definition) is 6. The Bertz CT molecular complexity index is 1050. The molecule has 1 aromatic carbocycles. The molecule has 3 rings (SSSR count). The highest BCUT2D eigenvalue weighted by atomic mass is 19.1. The number of halogens is 1. The third kappa shape index (κ3) is 3.64. The second-order valence-electron chi connectivity index (χ2n) is 6.51. The summed E-state index contributed by atoms with van der Waals surface area (Å²) in [5.41, 5.74) is 9.16. The van der Waals surface area contributed by atoms with Crippen molar-refractivity contribution in [1.29, 1.82) is 0 Å². The lowest BCUT2D eigenvalue weighted by Crippen LogP contribution is -2.17. The van der Waals surface area contributed by atoms with Crippen LogP contribution in [0, 0.1) is 19.7 Å². The van der Waals surface area contributed by atoms with Gasteiger partial charge in [-0.2, -0.15) is 0 Å². The van der Waals surface area contributed by atoms with Gasteiger partial charge in [0, 0.05) is 30.6 Å². The largest absolute Gasteiger partial charge is 0.382 e. The van der Waals surface area contributed by atoms with Crippen LogP contribution < -0.4 is 10.6 Å². The van der Waals surface area contributed by atoms with Crippen molar-refractivity contribution in [3.8, 4) is 11.1 Å². The van der Waals surface area contributed by atoms with Gasteiger partial charge in [-0.3, -0.25) is 4.79 Å². The maximum absolute atomic E-state index is 14.6. The predicted molar refractivity (Wildman–Crippen MR) is 107 cm³/mol. The van der Waals surface area contributed by atoms with Crippen LogP contribution in [-0.2, 0) is 0 Å². The number of allylic oxidation sites excluding steroid dienone is 2. The van der Waals surface area contributed by atoms with Crippen molar-refractivity contribution < 1.29 is 13.7 Å². The fraction of sp³-hybridized carbons (Fsp3) is 0.190. The number of benzene rings is 1. The zero-order valence-electron chi connectivity index (χ0n) is 16.2. The van der Waals surface area contributed by atoms with Crippen molar-refractivity contribution in [3.63, 3.8) is 0 Å². The van der Waals surface area contributed by atoms with E-state index < -0.39 is 11.6 Å². The number of rotatable bonds is 5. The minimum Gasteiger partial charge on any atom is -0.382 e. The molecular formula is C21H21FN4O2. The first-order valence-electron chi connectivity index (χ1n) is 8.69. The lowest BCUT2D eigenvalue weighted by molar-refractivity contribution is 0.104. The maximum Gasteiger partial charge on any atom is 0.190 e. The minimum atomic E-state index is -0.602. The first-order valence-corrected chi connectivity index (χ1v) is 8.69. The van der Waals surface area contributed by atoms with Crippen LogP contribution in [0.2, 0.25) is 0 Å². The molecule has 0 saturated heterocycles. The molecule has 28 heavy (non-hydrogen) atoms. The number of hydrogen-bond donors (Lipinski definition) is 1. The van der Waals surface area contributed by atoms with Gasteiger partial charge in [-0.25, -0.2) is 9.37 Å². The van der Waals surface area contributed by atoms with Crippen molar-refractivity contribution in [2.45, 2.75) is 20.8 Å². The van der Waals surface area contributed by atoms with E-state index in [9.17, 15) is 9.18 Å². The molecule has 0 saturated carbocycles. The van der Waals surface area contributed by atoms with Crippen LogP contribution in [0.1, 0.15) is 28.7 Å². The average Bonchev–Trinajstić information content (AvgIpc) is 2.99. The maximum atomic E-state index is 14.6. The van der Waals surface area contributed by atoms with Gasteiger partial charge in [0.25, 0.3) is 0 Å². The van der Waals surface area contributed by atoms with Crippen molar-refractivity contribution >= 4 is 17.3 Å². The number of nitrogens with zero attached hydrogens (tertiary/aromatic N) is 3. The molecule has 144 valence electrons.